The molecule has 10 nitrogen and oxygen atoms in total. The number of hydrogen-bond donors (Lipinski definition) is 2. The number of benzene rings is 2. The fourth-order valence-corrected chi connectivity index (χ4v) is 3.05. The molecule has 0 spiro atoms. The van der Waals surface area contributed by atoms with Gasteiger partial charge in [0, 0.05) is 5.69 Å². The monoisotopic (exact) mass is 405 g/mol. The van der Waals surface area contributed by atoms with Gasteiger partial charge in [0.25, 0.3) is 0 Å². The number of amides is 1. The van der Waals surface area contributed by atoms with E-state index >= 15 is 0 Å². The first kappa shape index (κ1) is 19.3. The Hall–Kier alpha value is -3.44. The van der Waals surface area contributed by atoms with Crippen molar-refractivity contribution in [3.05, 3.63) is 58.6 Å². The number of ether oxygens (including phenoxy) is 1. The molecule has 0 aliphatic rings. The average molecular weight is 405 g/mol. The van der Waals surface area contributed by atoms with Crippen LogP contribution in [0.4, 0.5) is 5.69 Å². The zero-order valence-corrected chi connectivity index (χ0v) is 15.4. The Kier molecular flexibility index (Phi) is 5.03. The van der Waals surface area contributed by atoms with E-state index in [-0.39, 0.29) is 22.6 Å². The Bertz CT molecular complexity index is 1220. The number of rotatable bonds is 5. The van der Waals surface area contributed by atoms with Crippen molar-refractivity contribution in [2.75, 3.05) is 12.4 Å². The maximum atomic E-state index is 12.2. The van der Waals surface area contributed by atoms with Crippen molar-refractivity contribution in [3.8, 4) is 0 Å². The van der Waals surface area contributed by atoms with Crippen LogP contribution in [0.5, 0.6) is 0 Å². The van der Waals surface area contributed by atoms with E-state index in [4.69, 9.17) is 9.56 Å². The molecule has 1 aromatic heterocycles. The van der Waals surface area contributed by atoms with Crippen molar-refractivity contribution in [2.24, 2.45) is 5.14 Å². The lowest BCUT2D eigenvalue weighted by atomic mass is 10.2. The van der Waals surface area contributed by atoms with Crippen LogP contribution in [0.2, 0.25) is 0 Å². The summed E-state index contributed by atoms with van der Waals surface area (Å²) in [6.45, 7) is -0.347. The van der Waals surface area contributed by atoms with Crippen molar-refractivity contribution in [2.45, 2.75) is 11.4 Å². The highest BCUT2D eigenvalue weighted by atomic mass is 32.2. The highest BCUT2D eigenvalue weighted by molar-refractivity contribution is 7.89. The van der Waals surface area contributed by atoms with Gasteiger partial charge in [-0.3, -0.25) is 9.36 Å². The summed E-state index contributed by atoms with van der Waals surface area (Å²) in [7, 11) is -2.60. The van der Waals surface area contributed by atoms with Gasteiger partial charge in [0.05, 0.1) is 23.1 Å². The van der Waals surface area contributed by atoms with Crippen LogP contribution in [-0.2, 0) is 26.1 Å². The highest BCUT2D eigenvalue weighted by Crippen LogP contribution is 2.17. The topological polar surface area (TPSA) is 151 Å². The van der Waals surface area contributed by atoms with Gasteiger partial charge in [-0.25, -0.2) is 23.1 Å². The molecular formula is C17H15N3O7S. The number of nitrogens with zero attached hydrogens (tertiary/aromatic N) is 1. The molecule has 0 unspecified atom stereocenters. The third-order valence-corrected chi connectivity index (χ3v) is 4.79. The third kappa shape index (κ3) is 3.94. The Morgan fingerprint density at radius 1 is 1.18 bits per heavy atom. The molecule has 2 aromatic carbocycles. The minimum Gasteiger partial charge on any atom is -0.465 e. The van der Waals surface area contributed by atoms with E-state index in [1.807, 2.05) is 0 Å². The number of nitrogens with two attached hydrogens (primary N) is 1. The fourth-order valence-electron chi connectivity index (χ4n) is 2.53. The molecule has 3 N–H and O–H groups in total. The molecular weight excluding hydrogens is 390 g/mol. The van der Waals surface area contributed by atoms with Crippen molar-refractivity contribution in [1.82, 2.24) is 4.57 Å². The van der Waals surface area contributed by atoms with Gasteiger partial charge in [-0.15, -0.1) is 0 Å². The first-order chi connectivity index (χ1) is 13.2. The predicted molar refractivity (Wildman–Crippen MR) is 98.3 cm³/mol. The van der Waals surface area contributed by atoms with E-state index in [0.717, 1.165) is 4.57 Å². The number of carbonyl (C=O) groups is 2. The molecule has 3 rings (SSSR count). The SMILES string of the molecule is COC(=O)c1ccc2c(c1)oc(=O)n2CC(=O)Nc1ccc(S(N)(=O)=O)cc1. The number of fused-ring (bicyclic) bond motifs is 1. The molecule has 0 bridgehead atoms. The number of hydrogen-bond acceptors (Lipinski definition) is 7. The molecule has 1 heterocycles. The van der Waals surface area contributed by atoms with Gasteiger partial charge in [0.15, 0.2) is 5.58 Å². The van der Waals surface area contributed by atoms with E-state index in [1.165, 1.54) is 49.6 Å². The number of aromatic nitrogens is 1. The number of nitrogens with one attached hydrogen (secondary N) is 1. The minimum atomic E-state index is -3.83. The van der Waals surface area contributed by atoms with Gasteiger partial charge >= 0.3 is 11.7 Å². The Balaban J connectivity index is 1.80. The first-order valence-electron chi connectivity index (χ1n) is 7.83. The Labute approximate surface area is 158 Å². The Morgan fingerprint density at radius 3 is 2.46 bits per heavy atom. The summed E-state index contributed by atoms with van der Waals surface area (Å²) in [5.41, 5.74) is 0.997. The van der Waals surface area contributed by atoms with Gasteiger partial charge in [-0.2, -0.15) is 0 Å². The fraction of sp³-hybridized carbons (Fsp3) is 0.118. The van der Waals surface area contributed by atoms with Crippen LogP contribution in [-0.4, -0.2) is 32.0 Å². The highest BCUT2D eigenvalue weighted by Gasteiger charge is 2.16. The maximum absolute atomic E-state index is 12.2. The molecule has 3 aromatic rings. The normalized spacial score (nSPS) is 11.4. The first-order valence-corrected chi connectivity index (χ1v) is 9.38. The number of primary sulfonamides is 1. The summed E-state index contributed by atoms with van der Waals surface area (Å²) in [6, 6.07) is 9.51. The number of methoxy groups -OCH3 is 1. The summed E-state index contributed by atoms with van der Waals surface area (Å²) in [6.07, 6.45) is 0. The summed E-state index contributed by atoms with van der Waals surface area (Å²) < 4.78 is 33.3. The van der Waals surface area contributed by atoms with E-state index in [1.54, 1.807) is 0 Å². The van der Waals surface area contributed by atoms with Crippen LogP contribution < -0.4 is 16.2 Å². The number of sulfonamides is 1. The zero-order chi connectivity index (χ0) is 20.5. The van der Waals surface area contributed by atoms with Gasteiger partial charge in [-0.1, -0.05) is 0 Å². The summed E-state index contributed by atoms with van der Waals surface area (Å²) in [5.74, 6) is -1.89. The van der Waals surface area contributed by atoms with Gasteiger partial charge in [0.1, 0.15) is 6.54 Å². The summed E-state index contributed by atoms with van der Waals surface area (Å²) in [4.78, 5) is 35.8. The van der Waals surface area contributed by atoms with Gasteiger partial charge in [-0.05, 0) is 42.5 Å². The molecule has 0 radical (unpaired) electrons. The van der Waals surface area contributed by atoms with Crippen molar-refractivity contribution in [1.29, 1.82) is 0 Å². The largest absolute Gasteiger partial charge is 0.465 e. The predicted octanol–water partition coefficient (Wildman–Crippen LogP) is 0.667. The second kappa shape index (κ2) is 7.29. The summed E-state index contributed by atoms with van der Waals surface area (Å²) >= 11 is 0. The minimum absolute atomic E-state index is 0.0936. The van der Waals surface area contributed by atoms with Crippen LogP contribution >= 0.6 is 0 Å². The van der Waals surface area contributed by atoms with E-state index in [2.05, 4.69) is 10.1 Å². The van der Waals surface area contributed by atoms with Crippen LogP contribution in [0, 0.1) is 0 Å². The molecule has 0 fully saturated rings. The molecule has 28 heavy (non-hydrogen) atoms. The molecule has 146 valence electrons. The van der Waals surface area contributed by atoms with E-state index in [0.29, 0.717) is 11.2 Å². The Morgan fingerprint density at radius 2 is 1.86 bits per heavy atom. The molecule has 0 saturated carbocycles. The van der Waals surface area contributed by atoms with Crippen molar-refractivity contribution in [3.63, 3.8) is 0 Å². The van der Waals surface area contributed by atoms with Crippen LogP contribution in [0.15, 0.2) is 56.6 Å². The average Bonchev–Trinajstić information content (AvgIpc) is 2.95. The maximum Gasteiger partial charge on any atom is 0.420 e. The lowest BCUT2D eigenvalue weighted by molar-refractivity contribution is -0.116. The zero-order valence-electron chi connectivity index (χ0n) is 14.5. The molecule has 0 aliphatic carbocycles. The van der Waals surface area contributed by atoms with Crippen LogP contribution in [0.25, 0.3) is 11.1 Å². The molecule has 1 amide bonds. The number of oxazole rings is 1. The van der Waals surface area contributed by atoms with Crippen LogP contribution in [0.1, 0.15) is 10.4 Å². The van der Waals surface area contributed by atoms with Gasteiger partial charge in [0.2, 0.25) is 15.9 Å². The third-order valence-electron chi connectivity index (χ3n) is 3.86. The number of anilines is 1. The smallest absolute Gasteiger partial charge is 0.420 e. The van der Waals surface area contributed by atoms with E-state index in [9.17, 15) is 22.8 Å². The second-order valence-corrected chi connectivity index (χ2v) is 7.31. The van der Waals surface area contributed by atoms with Gasteiger partial charge < -0.3 is 14.5 Å². The van der Waals surface area contributed by atoms with Crippen LogP contribution in [0.3, 0.4) is 0 Å². The number of carbonyl (C=O) groups excluding carboxylic acids is 2. The van der Waals surface area contributed by atoms with E-state index < -0.39 is 27.7 Å². The quantitative estimate of drug-likeness (QED) is 0.592. The second-order valence-electron chi connectivity index (χ2n) is 5.75. The van der Waals surface area contributed by atoms with Crippen molar-refractivity contribution >= 4 is 38.7 Å². The molecule has 11 heteroatoms. The lowest BCUT2D eigenvalue weighted by Gasteiger charge is -2.06. The lowest BCUT2D eigenvalue weighted by Crippen LogP contribution is -2.24. The molecule has 0 saturated heterocycles. The molecule has 0 aliphatic heterocycles. The standard InChI is InChI=1S/C17H15N3O7S/c1-26-16(22)10-2-7-13-14(8-10)27-17(23)20(13)9-15(21)19-11-3-5-12(6-4-11)28(18,24)25/h2-8H,9H2,1H3,(H,19,21)(H2,18,24,25). The van der Waals surface area contributed by atoms with Crippen molar-refractivity contribution < 1.29 is 27.2 Å². The number of esters is 1. The molecule has 0 atom stereocenters. The summed E-state index contributed by atoms with van der Waals surface area (Å²) in [5, 5.41) is 7.55.